The standard InChI is InChI=1S/C20H15P.2C5H5.Zr/c1-4-10-18(11-5-1)16-17-21(19-12-6-2-7-13-19)20-14-8-3-9-15-20;2*1-2-4-5-3-1;/h1-10,12-16H;2*1-5H;/q-2;;;+2. The number of rotatable bonds is 4. The van der Waals surface area contributed by atoms with Crippen molar-refractivity contribution in [3.8, 4) is 0 Å². The molecule has 2 saturated carbocycles. The summed E-state index contributed by atoms with van der Waals surface area (Å²) in [6, 6.07) is 32.4. The zero-order valence-electron chi connectivity index (χ0n) is 17.9. The summed E-state index contributed by atoms with van der Waals surface area (Å²) >= 11 is 0. The summed E-state index contributed by atoms with van der Waals surface area (Å²) in [5, 5.41) is 2.62. The van der Waals surface area contributed by atoms with E-state index in [-0.39, 0.29) is 26.2 Å². The fraction of sp³-hybridized carbons (Fsp3) is 0. The second-order valence-electron chi connectivity index (χ2n) is 6.52. The molecule has 2 heteroatoms. The molecule has 0 saturated heterocycles. The van der Waals surface area contributed by atoms with Crippen LogP contribution in [-0.2, 0) is 26.2 Å². The second-order valence-corrected chi connectivity index (χ2v) is 8.48. The van der Waals surface area contributed by atoms with E-state index in [4.69, 9.17) is 0 Å². The van der Waals surface area contributed by atoms with Crippen molar-refractivity contribution in [1.82, 2.24) is 0 Å². The van der Waals surface area contributed by atoms with Crippen molar-refractivity contribution in [1.29, 1.82) is 0 Å². The van der Waals surface area contributed by atoms with Crippen LogP contribution in [0.2, 0.25) is 0 Å². The Morgan fingerprint density at radius 1 is 0.531 bits per heavy atom. The Kier molecular flexibility index (Phi) is 14.5. The van der Waals surface area contributed by atoms with Gasteiger partial charge < -0.3 is 11.6 Å². The first kappa shape index (κ1) is 27.0. The summed E-state index contributed by atoms with van der Waals surface area (Å²) in [7, 11) is -0.600. The Labute approximate surface area is 216 Å². The van der Waals surface area contributed by atoms with Crippen molar-refractivity contribution in [3.63, 3.8) is 0 Å². The molecule has 10 radical (unpaired) electrons. The Hall–Kier alpha value is -1.29. The fourth-order valence-electron chi connectivity index (χ4n) is 2.72. The summed E-state index contributed by atoms with van der Waals surface area (Å²) in [4.78, 5) is 0. The van der Waals surface area contributed by atoms with E-state index in [1.807, 2.05) is 88.5 Å². The number of hydrogen-bond acceptors (Lipinski definition) is 0. The van der Waals surface area contributed by atoms with Crippen molar-refractivity contribution in [3.05, 3.63) is 167 Å². The topological polar surface area (TPSA) is 0 Å². The molecular weight excluding hydrogens is 483 g/mol. The van der Waals surface area contributed by atoms with Gasteiger partial charge in [0.2, 0.25) is 0 Å². The second kappa shape index (κ2) is 17.2. The van der Waals surface area contributed by atoms with Gasteiger partial charge in [0.1, 0.15) is 0 Å². The van der Waals surface area contributed by atoms with Gasteiger partial charge in [-0.3, -0.25) is 5.82 Å². The third-order valence-corrected chi connectivity index (χ3v) is 6.24. The predicted octanol–water partition coefficient (Wildman–Crippen LogP) is 6.43. The van der Waals surface area contributed by atoms with E-state index in [1.165, 1.54) is 10.6 Å². The molecule has 0 aliphatic heterocycles. The first-order valence-electron chi connectivity index (χ1n) is 10.2. The molecule has 0 spiro atoms. The molecule has 32 heavy (non-hydrogen) atoms. The van der Waals surface area contributed by atoms with Crippen LogP contribution in [0.5, 0.6) is 0 Å². The van der Waals surface area contributed by atoms with E-state index in [2.05, 4.69) is 78.6 Å². The molecule has 5 rings (SSSR count). The van der Waals surface area contributed by atoms with Crippen LogP contribution in [0.25, 0.3) is 6.08 Å². The van der Waals surface area contributed by atoms with Gasteiger partial charge in [-0.25, -0.2) is 12.1 Å². The molecule has 0 nitrogen and oxygen atoms in total. The Morgan fingerprint density at radius 2 is 0.938 bits per heavy atom. The molecule has 0 N–H and O–H groups in total. The van der Waals surface area contributed by atoms with E-state index in [1.54, 1.807) is 0 Å². The van der Waals surface area contributed by atoms with Crippen molar-refractivity contribution in [2.75, 3.05) is 0 Å². The summed E-state index contributed by atoms with van der Waals surface area (Å²) in [5.41, 5.74) is 1.07. The fourth-order valence-corrected chi connectivity index (χ4v) is 4.53. The normalized spacial score (nSPS) is 14.8. The van der Waals surface area contributed by atoms with Crippen LogP contribution in [0.3, 0.4) is 0 Å². The molecule has 2 fully saturated rings. The van der Waals surface area contributed by atoms with Crippen molar-refractivity contribution in [2.45, 2.75) is 0 Å². The summed E-state index contributed by atoms with van der Waals surface area (Å²) in [5.74, 6) is 3.58. The Morgan fingerprint density at radius 3 is 1.31 bits per heavy atom. The van der Waals surface area contributed by atoms with E-state index in [0.29, 0.717) is 0 Å². The van der Waals surface area contributed by atoms with Crippen LogP contribution in [0.1, 0.15) is 5.56 Å². The number of benzene rings is 3. The number of hydrogen-bond donors (Lipinski definition) is 0. The van der Waals surface area contributed by atoms with Gasteiger partial charge >= 0.3 is 26.2 Å². The van der Waals surface area contributed by atoms with E-state index < -0.39 is 7.92 Å². The van der Waals surface area contributed by atoms with Gasteiger partial charge in [0, 0.05) is 0 Å². The summed E-state index contributed by atoms with van der Waals surface area (Å²) < 4.78 is 0. The zero-order valence-corrected chi connectivity index (χ0v) is 21.2. The van der Waals surface area contributed by atoms with Crippen LogP contribution in [0, 0.1) is 76.1 Å². The third-order valence-electron chi connectivity index (χ3n) is 4.22. The zero-order chi connectivity index (χ0) is 21.4. The largest absolute Gasteiger partial charge is 2.00 e. The Balaban J connectivity index is 0.000000271. The van der Waals surface area contributed by atoms with Crippen LogP contribution in [-0.4, -0.2) is 0 Å². The molecule has 0 amide bonds. The minimum absolute atomic E-state index is 0. The van der Waals surface area contributed by atoms with Crippen molar-refractivity contribution in [2.24, 2.45) is 0 Å². The smallest absolute Gasteiger partial charge is 0.308 e. The first-order chi connectivity index (χ1) is 15.4. The SMILES string of the molecule is [C-](=Cc1[c-]cccc1)P(c1ccccc1)c1ccccc1.[CH]1[CH][CH][CH][CH]1.[CH]1[CH][CH][CH][CH]1.[Zr+2]. The molecule has 3 aromatic rings. The van der Waals surface area contributed by atoms with Gasteiger partial charge in [-0.05, 0) is 74.8 Å². The van der Waals surface area contributed by atoms with Crippen molar-refractivity contribution >= 4 is 24.6 Å². The van der Waals surface area contributed by atoms with Gasteiger partial charge in [0.25, 0.3) is 0 Å². The van der Waals surface area contributed by atoms with Gasteiger partial charge in [-0.2, -0.15) is 12.1 Å². The van der Waals surface area contributed by atoms with Crippen LogP contribution in [0.15, 0.2) is 84.9 Å². The molecule has 2 aliphatic rings. The van der Waals surface area contributed by atoms with E-state index in [9.17, 15) is 0 Å². The van der Waals surface area contributed by atoms with Crippen LogP contribution < -0.4 is 10.6 Å². The van der Waals surface area contributed by atoms with Crippen LogP contribution in [0.4, 0.5) is 0 Å². The molecule has 2 aliphatic carbocycles. The quantitative estimate of drug-likeness (QED) is 0.282. The Bertz CT molecular complexity index is 773. The maximum absolute atomic E-state index is 3.58. The van der Waals surface area contributed by atoms with E-state index in [0.717, 1.165) is 5.56 Å². The minimum Gasteiger partial charge on any atom is -0.308 e. The van der Waals surface area contributed by atoms with E-state index >= 15 is 0 Å². The summed E-state index contributed by atoms with van der Waals surface area (Å²) in [6.45, 7) is 0. The summed E-state index contributed by atoms with van der Waals surface area (Å²) in [6.07, 6.45) is 22.0. The van der Waals surface area contributed by atoms with Gasteiger partial charge in [-0.1, -0.05) is 60.7 Å². The average molecular weight is 508 g/mol. The third kappa shape index (κ3) is 10.6. The molecule has 0 bridgehead atoms. The van der Waals surface area contributed by atoms with Crippen molar-refractivity contribution < 1.29 is 26.2 Å². The van der Waals surface area contributed by atoms with Crippen LogP contribution >= 0.6 is 7.92 Å². The first-order valence-corrected chi connectivity index (χ1v) is 11.6. The average Bonchev–Trinajstić information content (AvgIpc) is 3.61. The molecule has 154 valence electrons. The van der Waals surface area contributed by atoms with Gasteiger partial charge in [0.15, 0.2) is 0 Å². The molecular formula is C30H25PZr. The monoisotopic (exact) mass is 506 g/mol. The molecule has 0 heterocycles. The van der Waals surface area contributed by atoms with Gasteiger partial charge in [0.05, 0.1) is 0 Å². The predicted molar refractivity (Wildman–Crippen MR) is 135 cm³/mol. The molecule has 0 atom stereocenters. The van der Waals surface area contributed by atoms with Gasteiger partial charge in [-0.15, -0.1) is 14.0 Å². The maximum Gasteiger partial charge on any atom is 2.00 e. The molecule has 3 aromatic carbocycles. The molecule has 0 aromatic heterocycles. The molecule has 0 unspecified atom stereocenters. The minimum atomic E-state index is -0.600. The maximum atomic E-state index is 3.58.